The number of nitrogens with one attached hydrogen (secondary N) is 1. The third-order valence-corrected chi connectivity index (χ3v) is 5.36. The number of nitrogens with two attached hydrogens (primary N) is 1. The number of β-amino-alcohol motifs (C(OH)–C–C–N with tert-alkyl or cyclic N) is 1. The molecule has 3 rings (SSSR count). The Morgan fingerprint density at radius 2 is 1.96 bits per heavy atom. The van der Waals surface area contributed by atoms with Crippen molar-refractivity contribution in [2.24, 2.45) is 5.73 Å². The zero-order chi connectivity index (χ0) is 19.9. The second-order valence-corrected chi connectivity index (χ2v) is 7.39. The lowest BCUT2D eigenvalue weighted by Crippen LogP contribution is -2.41. The van der Waals surface area contributed by atoms with Crippen molar-refractivity contribution in [3.63, 3.8) is 0 Å². The molecule has 0 aromatic heterocycles. The van der Waals surface area contributed by atoms with Crippen LogP contribution in [0.3, 0.4) is 0 Å². The molecule has 4 N–H and O–H groups in total. The molecular formula is C22H30N4O2. The summed E-state index contributed by atoms with van der Waals surface area (Å²) in [5, 5.41) is 13.0. The van der Waals surface area contributed by atoms with E-state index in [9.17, 15) is 9.90 Å². The molecular weight excluding hydrogens is 352 g/mol. The Hall–Kier alpha value is -2.41. The van der Waals surface area contributed by atoms with Gasteiger partial charge in [0, 0.05) is 38.9 Å². The number of nitrogens with zero attached hydrogens (tertiary/aromatic N) is 2. The second-order valence-electron chi connectivity index (χ2n) is 7.39. The van der Waals surface area contributed by atoms with E-state index in [0.717, 1.165) is 29.8 Å². The zero-order valence-corrected chi connectivity index (χ0v) is 16.4. The molecule has 0 saturated carbocycles. The number of hydrogen-bond acceptors (Lipinski definition) is 5. The lowest BCUT2D eigenvalue weighted by Gasteiger charge is -2.32. The van der Waals surface area contributed by atoms with Gasteiger partial charge >= 0.3 is 0 Å². The van der Waals surface area contributed by atoms with Crippen LogP contribution in [0, 0.1) is 0 Å². The maximum atomic E-state index is 12.9. The summed E-state index contributed by atoms with van der Waals surface area (Å²) in [6, 6.07) is 17.8. The van der Waals surface area contributed by atoms with E-state index in [1.807, 2.05) is 49.5 Å². The minimum absolute atomic E-state index is 0.0245. The summed E-state index contributed by atoms with van der Waals surface area (Å²) in [5.41, 5.74) is 8.69. The standard InChI is InChI=1S/C22H30N4O2/c1-25(22(28)14-24-19-9-7-17(13-23)8-10-19)21(18-5-3-2-4-6-18)16-26-12-11-20(27)15-26/h2-10,20-21,24,27H,11-16,23H2,1H3/t20?,21-/m1/s1. The van der Waals surface area contributed by atoms with Crippen LogP contribution in [0.1, 0.15) is 23.6 Å². The Morgan fingerprint density at radius 3 is 2.57 bits per heavy atom. The van der Waals surface area contributed by atoms with Crippen molar-refractivity contribution in [2.45, 2.75) is 25.1 Å². The minimum atomic E-state index is -0.268. The van der Waals surface area contributed by atoms with Crippen LogP contribution in [0.2, 0.25) is 0 Å². The van der Waals surface area contributed by atoms with E-state index in [1.165, 1.54) is 0 Å². The van der Waals surface area contributed by atoms with Gasteiger partial charge in [0.15, 0.2) is 0 Å². The Labute approximate surface area is 166 Å². The van der Waals surface area contributed by atoms with Crippen molar-refractivity contribution in [1.29, 1.82) is 0 Å². The highest BCUT2D eigenvalue weighted by Crippen LogP contribution is 2.23. The van der Waals surface area contributed by atoms with E-state index in [-0.39, 0.29) is 24.6 Å². The first-order chi connectivity index (χ1) is 13.6. The second kappa shape index (κ2) is 9.68. The number of carbonyl (C=O) groups is 1. The van der Waals surface area contributed by atoms with Gasteiger partial charge in [-0.05, 0) is 29.7 Å². The van der Waals surface area contributed by atoms with Gasteiger partial charge in [-0.15, -0.1) is 0 Å². The van der Waals surface area contributed by atoms with Gasteiger partial charge in [-0.25, -0.2) is 0 Å². The molecule has 6 heteroatoms. The van der Waals surface area contributed by atoms with Crippen molar-refractivity contribution in [2.75, 3.05) is 38.5 Å². The molecule has 1 amide bonds. The summed E-state index contributed by atoms with van der Waals surface area (Å²) in [5.74, 6) is 0.0245. The zero-order valence-electron chi connectivity index (χ0n) is 16.4. The van der Waals surface area contributed by atoms with Gasteiger partial charge in [-0.1, -0.05) is 42.5 Å². The van der Waals surface area contributed by atoms with Crippen molar-refractivity contribution in [3.8, 4) is 0 Å². The molecule has 0 aliphatic carbocycles. The molecule has 1 unspecified atom stereocenters. The fourth-order valence-electron chi connectivity index (χ4n) is 3.58. The summed E-state index contributed by atoms with van der Waals surface area (Å²) in [4.78, 5) is 16.9. The lowest BCUT2D eigenvalue weighted by molar-refractivity contribution is -0.130. The first kappa shape index (κ1) is 20.3. The van der Waals surface area contributed by atoms with Crippen LogP contribution in [0.15, 0.2) is 54.6 Å². The molecule has 28 heavy (non-hydrogen) atoms. The number of aliphatic hydroxyl groups excluding tert-OH is 1. The molecule has 0 bridgehead atoms. The van der Waals surface area contributed by atoms with Gasteiger partial charge in [0.25, 0.3) is 0 Å². The minimum Gasteiger partial charge on any atom is -0.392 e. The Bertz CT molecular complexity index is 751. The monoisotopic (exact) mass is 382 g/mol. The van der Waals surface area contributed by atoms with Crippen molar-refractivity contribution < 1.29 is 9.90 Å². The smallest absolute Gasteiger partial charge is 0.242 e. The number of benzene rings is 2. The van der Waals surface area contributed by atoms with Gasteiger partial charge in [0.2, 0.25) is 5.91 Å². The first-order valence-electron chi connectivity index (χ1n) is 9.80. The number of likely N-dealkylation sites (N-methyl/N-ethyl adjacent to an activating group) is 1. The van der Waals surface area contributed by atoms with E-state index < -0.39 is 0 Å². The van der Waals surface area contributed by atoms with Crippen LogP contribution >= 0.6 is 0 Å². The summed E-state index contributed by atoms with van der Waals surface area (Å²) < 4.78 is 0. The molecule has 0 radical (unpaired) electrons. The quantitative estimate of drug-likeness (QED) is 0.649. The van der Waals surface area contributed by atoms with E-state index in [1.54, 1.807) is 4.90 Å². The lowest BCUT2D eigenvalue weighted by atomic mass is 10.0. The van der Waals surface area contributed by atoms with Crippen LogP contribution in [0.5, 0.6) is 0 Å². The van der Waals surface area contributed by atoms with Gasteiger partial charge in [-0.2, -0.15) is 0 Å². The molecule has 1 aliphatic heterocycles. The predicted molar refractivity (Wildman–Crippen MR) is 112 cm³/mol. The summed E-state index contributed by atoms with van der Waals surface area (Å²) in [6.07, 6.45) is 0.523. The number of amides is 1. The average molecular weight is 383 g/mol. The highest BCUT2D eigenvalue weighted by Gasteiger charge is 2.27. The topological polar surface area (TPSA) is 81.8 Å². The Morgan fingerprint density at radius 1 is 1.25 bits per heavy atom. The number of anilines is 1. The van der Waals surface area contributed by atoms with Crippen LogP contribution in [0.25, 0.3) is 0 Å². The SMILES string of the molecule is CN(C(=O)CNc1ccc(CN)cc1)[C@H](CN1CCC(O)C1)c1ccccc1. The number of aliphatic hydroxyl groups is 1. The fraction of sp³-hybridized carbons (Fsp3) is 0.409. The number of carbonyl (C=O) groups excluding carboxylic acids is 1. The first-order valence-corrected chi connectivity index (χ1v) is 9.80. The van der Waals surface area contributed by atoms with Crippen molar-refractivity contribution >= 4 is 11.6 Å². The largest absolute Gasteiger partial charge is 0.392 e. The van der Waals surface area contributed by atoms with Gasteiger partial charge < -0.3 is 21.1 Å². The van der Waals surface area contributed by atoms with Gasteiger partial charge in [-0.3, -0.25) is 9.69 Å². The third-order valence-electron chi connectivity index (χ3n) is 5.36. The molecule has 6 nitrogen and oxygen atoms in total. The van der Waals surface area contributed by atoms with Crippen LogP contribution in [0.4, 0.5) is 5.69 Å². The Balaban J connectivity index is 1.65. The molecule has 0 spiro atoms. The number of likely N-dealkylation sites (tertiary alicyclic amines) is 1. The van der Waals surface area contributed by atoms with Crippen molar-refractivity contribution in [3.05, 3.63) is 65.7 Å². The molecule has 2 atom stereocenters. The maximum Gasteiger partial charge on any atom is 0.242 e. The summed E-state index contributed by atoms with van der Waals surface area (Å²) in [7, 11) is 1.85. The molecule has 1 heterocycles. The van der Waals surface area contributed by atoms with Crippen LogP contribution in [-0.2, 0) is 11.3 Å². The van der Waals surface area contributed by atoms with Gasteiger partial charge in [0.1, 0.15) is 0 Å². The molecule has 1 saturated heterocycles. The van der Waals surface area contributed by atoms with E-state index >= 15 is 0 Å². The average Bonchev–Trinajstić information content (AvgIpc) is 3.15. The highest BCUT2D eigenvalue weighted by molar-refractivity contribution is 5.81. The normalized spacial score (nSPS) is 18.0. The third kappa shape index (κ3) is 5.32. The summed E-state index contributed by atoms with van der Waals surface area (Å²) in [6.45, 7) is 2.97. The van der Waals surface area contributed by atoms with Crippen LogP contribution < -0.4 is 11.1 Å². The van der Waals surface area contributed by atoms with Gasteiger partial charge in [0.05, 0.1) is 18.7 Å². The summed E-state index contributed by atoms with van der Waals surface area (Å²) >= 11 is 0. The van der Waals surface area contributed by atoms with Crippen molar-refractivity contribution in [1.82, 2.24) is 9.80 Å². The Kier molecular flexibility index (Phi) is 7.03. The van der Waals surface area contributed by atoms with Crippen LogP contribution in [-0.4, -0.2) is 60.1 Å². The molecule has 2 aromatic carbocycles. The molecule has 1 fully saturated rings. The molecule has 150 valence electrons. The highest BCUT2D eigenvalue weighted by atomic mass is 16.3. The number of hydrogen-bond donors (Lipinski definition) is 3. The number of rotatable bonds is 8. The molecule has 1 aliphatic rings. The van der Waals surface area contributed by atoms with E-state index in [0.29, 0.717) is 19.6 Å². The fourth-order valence-corrected chi connectivity index (χ4v) is 3.58. The molecule has 2 aromatic rings. The van der Waals surface area contributed by atoms with E-state index in [4.69, 9.17) is 5.73 Å². The maximum absolute atomic E-state index is 12.9. The van der Waals surface area contributed by atoms with E-state index in [2.05, 4.69) is 22.3 Å². The predicted octanol–water partition coefficient (Wildman–Crippen LogP) is 1.82.